The van der Waals surface area contributed by atoms with Crippen molar-refractivity contribution in [1.29, 1.82) is 0 Å². The van der Waals surface area contributed by atoms with Crippen LogP contribution in [-0.4, -0.2) is 53.9 Å². The van der Waals surface area contributed by atoms with Crippen LogP contribution in [-0.2, 0) is 21.9 Å². The van der Waals surface area contributed by atoms with Crippen LogP contribution in [0.5, 0.6) is 0 Å². The van der Waals surface area contributed by atoms with E-state index in [1.165, 1.54) is 38.0 Å². The average Bonchev–Trinajstić information content (AvgIpc) is 2.75. The summed E-state index contributed by atoms with van der Waals surface area (Å²) in [6, 6.07) is 1.25. The molecule has 1 aromatic heterocycles. The van der Waals surface area contributed by atoms with Crippen molar-refractivity contribution in [3.05, 3.63) is 18.0 Å². The highest BCUT2D eigenvalue weighted by molar-refractivity contribution is 7.89. The molecule has 1 amide bonds. The normalized spacial score (nSPS) is 17.1. The van der Waals surface area contributed by atoms with Crippen LogP contribution < -0.4 is 5.32 Å². The Kier molecular flexibility index (Phi) is 4.05. The van der Waals surface area contributed by atoms with Crippen molar-refractivity contribution in [2.45, 2.75) is 29.7 Å². The Morgan fingerprint density at radius 1 is 1.36 bits per heavy atom. The van der Waals surface area contributed by atoms with Crippen molar-refractivity contribution >= 4 is 21.9 Å². The third-order valence-electron chi connectivity index (χ3n) is 3.96. The van der Waals surface area contributed by atoms with E-state index in [2.05, 4.69) is 5.32 Å². The molecule has 1 fully saturated rings. The van der Waals surface area contributed by atoms with E-state index < -0.39 is 27.4 Å². The van der Waals surface area contributed by atoms with E-state index in [4.69, 9.17) is 0 Å². The SMILES string of the molecule is CN(C)S(=O)(=O)c1cc(C(=O)NC2(C(=O)O)CCC2)n(C)c1. The summed E-state index contributed by atoms with van der Waals surface area (Å²) in [6.07, 6.45) is 2.82. The van der Waals surface area contributed by atoms with Crippen molar-refractivity contribution < 1.29 is 23.1 Å². The molecule has 8 nitrogen and oxygen atoms in total. The van der Waals surface area contributed by atoms with Gasteiger partial charge in [0.15, 0.2) is 0 Å². The molecule has 0 aromatic carbocycles. The second kappa shape index (κ2) is 5.40. The van der Waals surface area contributed by atoms with E-state index >= 15 is 0 Å². The summed E-state index contributed by atoms with van der Waals surface area (Å²) in [5.41, 5.74) is -1.13. The molecule has 0 spiro atoms. The van der Waals surface area contributed by atoms with E-state index in [-0.39, 0.29) is 10.6 Å². The number of amides is 1. The van der Waals surface area contributed by atoms with Gasteiger partial charge in [-0.15, -0.1) is 0 Å². The lowest BCUT2D eigenvalue weighted by molar-refractivity contribution is -0.148. The van der Waals surface area contributed by atoms with Crippen molar-refractivity contribution in [3.8, 4) is 0 Å². The fourth-order valence-corrected chi connectivity index (χ4v) is 3.29. The Balaban J connectivity index is 2.29. The largest absolute Gasteiger partial charge is 0.480 e. The molecule has 1 aliphatic rings. The molecular formula is C13H19N3O5S. The second-order valence-corrected chi connectivity index (χ2v) is 7.81. The van der Waals surface area contributed by atoms with E-state index in [9.17, 15) is 23.1 Å². The Hall–Kier alpha value is -1.87. The predicted octanol–water partition coefficient (Wildman–Crippen LogP) is 0.0125. The monoisotopic (exact) mass is 329 g/mol. The molecule has 0 bridgehead atoms. The Bertz CT molecular complexity index is 716. The summed E-state index contributed by atoms with van der Waals surface area (Å²) < 4.78 is 26.6. The number of hydrogen-bond acceptors (Lipinski definition) is 4. The summed E-state index contributed by atoms with van der Waals surface area (Å²) in [5, 5.41) is 11.7. The van der Waals surface area contributed by atoms with Crippen molar-refractivity contribution in [3.63, 3.8) is 0 Å². The third-order valence-corrected chi connectivity index (χ3v) is 5.74. The first-order valence-electron chi connectivity index (χ1n) is 6.75. The minimum Gasteiger partial charge on any atom is -0.480 e. The molecular weight excluding hydrogens is 310 g/mol. The zero-order chi connectivity index (χ0) is 16.7. The smallest absolute Gasteiger partial charge is 0.329 e. The number of rotatable bonds is 5. The molecule has 0 saturated heterocycles. The number of nitrogens with zero attached hydrogens (tertiary/aromatic N) is 2. The molecule has 0 unspecified atom stereocenters. The van der Waals surface area contributed by atoms with Gasteiger partial charge in [-0.3, -0.25) is 4.79 Å². The molecule has 2 rings (SSSR count). The van der Waals surface area contributed by atoms with Crippen LogP contribution in [0, 0.1) is 0 Å². The predicted molar refractivity (Wildman–Crippen MR) is 78.0 cm³/mol. The number of aliphatic carboxylic acids is 1. The number of carboxylic acid groups (broad SMARTS) is 1. The van der Waals surface area contributed by atoms with Gasteiger partial charge >= 0.3 is 5.97 Å². The lowest BCUT2D eigenvalue weighted by Gasteiger charge is -2.38. The van der Waals surface area contributed by atoms with Crippen LogP contribution in [0.2, 0.25) is 0 Å². The van der Waals surface area contributed by atoms with Gasteiger partial charge in [-0.1, -0.05) is 0 Å². The maximum absolute atomic E-state index is 12.3. The molecule has 1 saturated carbocycles. The van der Waals surface area contributed by atoms with Crippen molar-refractivity contribution in [2.75, 3.05) is 14.1 Å². The molecule has 1 heterocycles. The summed E-state index contributed by atoms with van der Waals surface area (Å²) in [4.78, 5) is 23.6. The van der Waals surface area contributed by atoms with Crippen LogP contribution in [0.15, 0.2) is 17.2 Å². The van der Waals surface area contributed by atoms with Gasteiger partial charge in [0.05, 0.1) is 0 Å². The molecule has 1 aromatic rings. The number of carbonyl (C=O) groups excluding carboxylic acids is 1. The van der Waals surface area contributed by atoms with Gasteiger partial charge in [0.1, 0.15) is 16.1 Å². The molecule has 0 radical (unpaired) electrons. The quantitative estimate of drug-likeness (QED) is 0.791. The summed E-state index contributed by atoms with van der Waals surface area (Å²) in [5.74, 6) is -1.66. The van der Waals surface area contributed by atoms with Gasteiger partial charge < -0.3 is 15.0 Å². The highest BCUT2D eigenvalue weighted by Crippen LogP contribution is 2.32. The van der Waals surface area contributed by atoms with E-state index in [0.29, 0.717) is 12.8 Å². The first kappa shape index (κ1) is 16.5. The second-order valence-electron chi connectivity index (χ2n) is 5.65. The van der Waals surface area contributed by atoms with Crippen molar-refractivity contribution in [2.24, 2.45) is 7.05 Å². The van der Waals surface area contributed by atoms with Gasteiger partial charge in [-0.2, -0.15) is 0 Å². The van der Waals surface area contributed by atoms with Crippen LogP contribution >= 0.6 is 0 Å². The molecule has 0 aliphatic heterocycles. The number of sulfonamides is 1. The Morgan fingerprint density at radius 3 is 2.36 bits per heavy atom. The molecule has 122 valence electrons. The highest BCUT2D eigenvalue weighted by atomic mass is 32.2. The number of aryl methyl sites for hydroxylation is 1. The number of carbonyl (C=O) groups is 2. The summed E-state index contributed by atoms with van der Waals surface area (Å²) in [6.45, 7) is 0. The maximum Gasteiger partial charge on any atom is 0.329 e. The number of aromatic nitrogens is 1. The first-order valence-corrected chi connectivity index (χ1v) is 8.19. The number of nitrogens with one attached hydrogen (secondary N) is 1. The standard InChI is InChI=1S/C13H19N3O5S/c1-15(2)22(20,21)9-7-10(16(3)8-9)11(17)14-13(12(18)19)5-4-6-13/h7-8H,4-6H2,1-3H3,(H,14,17)(H,18,19). The zero-order valence-electron chi connectivity index (χ0n) is 12.7. The average molecular weight is 329 g/mol. The Labute approximate surface area is 128 Å². The highest BCUT2D eigenvalue weighted by Gasteiger charge is 2.46. The van der Waals surface area contributed by atoms with Gasteiger partial charge in [-0.25, -0.2) is 17.5 Å². The lowest BCUT2D eigenvalue weighted by atomic mass is 9.76. The van der Waals surface area contributed by atoms with Crippen LogP contribution in [0.1, 0.15) is 29.8 Å². The molecule has 0 atom stereocenters. The molecule has 22 heavy (non-hydrogen) atoms. The van der Waals surface area contributed by atoms with Gasteiger partial charge in [0, 0.05) is 27.3 Å². The minimum absolute atomic E-state index is 0.0110. The molecule has 2 N–H and O–H groups in total. The topological polar surface area (TPSA) is 109 Å². The summed E-state index contributed by atoms with van der Waals surface area (Å²) in [7, 11) is 0.689. The third kappa shape index (κ3) is 2.61. The zero-order valence-corrected chi connectivity index (χ0v) is 13.5. The fourth-order valence-electron chi connectivity index (χ4n) is 2.32. The van der Waals surface area contributed by atoms with E-state index in [1.807, 2.05) is 0 Å². The molecule has 1 aliphatic carbocycles. The van der Waals surface area contributed by atoms with Gasteiger partial charge in [-0.05, 0) is 25.3 Å². The van der Waals surface area contributed by atoms with Gasteiger partial charge in [0.25, 0.3) is 5.91 Å². The van der Waals surface area contributed by atoms with E-state index in [0.717, 1.165) is 10.7 Å². The minimum atomic E-state index is -3.65. The lowest BCUT2D eigenvalue weighted by Crippen LogP contribution is -2.59. The molecule has 9 heteroatoms. The number of hydrogen-bond donors (Lipinski definition) is 2. The fraction of sp³-hybridized carbons (Fsp3) is 0.538. The number of carboxylic acids is 1. The van der Waals surface area contributed by atoms with Crippen LogP contribution in [0.3, 0.4) is 0 Å². The first-order chi connectivity index (χ1) is 10.1. The van der Waals surface area contributed by atoms with Crippen molar-refractivity contribution in [1.82, 2.24) is 14.2 Å². The van der Waals surface area contributed by atoms with Gasteiger partial charge in [0.2, 0.25) is 10.0 Å². The van der Waals surface area contributed by atoms with Crippen LogP contribution in [0.25, 0.3) is 0 Å². The summed E-state index contributed by atoms with van der Waals surface area (Å²) >= 11 is 0. The van der Waals surface area contributed by atoms with Crippen LogP contribution in [0.4, 0.5) is 0 Å². The maximum atomic E-state index is 12.3. The van der Waals surface area contributed by atoms with E-state index in [1.54, 1.807) is 0 Å². The Morgan fingerprint density at radius 2 is 1.95 bits per heavy atom.